The van der Waals surface area contributed by atoms with Crippen LogP contribution in [0.3, 0.4) is 0 Å². The zero-order chi connectivity index (χ0) is 12.3. The van der Waals surface area contributed by atoms with Gasteiger partial charge in [0.05, 0.1) is 10.0 Å². The first kappa shape index (κ1) is 17.6. The van der Waals surface area contributed by atoms with Gasteiger partial charge in [0.15, 0.2) is 0 Å². The Balaban J connectivity index is 0.00000256. The van der Waals surface area contributed by atoms with Gasteiger partial charge in [0.2, 0.25) is 0 Å². The van der Waals surface area contributed by atoms with E-state index in [-0.39, 0.29) is 5.48 Å². The molecule has 0 radical (unpaired) electrons. The van der Waals surface area contributed by atoms with Crippen molar-refractivity contribution in [2.75, 3.05) is 14.2 Å². The second-order valence-corrected chi connectivity index (χ2v) is 7.42. The van der Waals surface area contributed by atoms with Gasteiger partial charge in [0, 0.05) is 36.6 Å². The second kappa shape index (κ2) is 7.26. The first-order valence-electron chi connectivity index (χ1n) is 3.97. The average molecular weight is 384 g/mol. The zero-order valence-electron chi connectivity index (χ0n) is 8.87. The van der Waals surface area contributed by atoms with E-state index in [0.29, 0.717) is 20.3 Å². The van der Waals surface area contributed by atoms with Gasteiger partial charge < -0.3 is 19.0 Å². The highest BCUT2D eigenvalue weighted by molar-refractivity contribution is 9.10. The molecule has 0 amide bonds. The van der Waals surface area contributed by atoms with Crippen LogP contribution in [0, 0.1) is 0 Å². The summed E-state index contributed by atoms with van der Waals surface area (Å²) in [5, 5.41) is 0.841. The van der Waals surface area contributed by atoms with Crippen LogP contribution in [-0.2, 0) is 20.9 Å². The van der Waals surface area contributed by atoms with Gasteiger partial charge >= 0.3 is 6.72 Å². The van der Waals surface area contributed by atoms with Crippen molar-refractivity contribution in [2.24, 2.45) is 0 Å². The standard InChI is InChI=1S/C8H8BrCl2O3PS.H2O/c1-12-15(16,13-2)14-8-4-6(10)5(9)3-7(8)11;/h3-4H,1-2H3;1H2. The van der Waals surface area contributed by atoms with Gasteiger partial charge in [0.1, 0.15) is 5.75 Å². The fraction of sp³-hybridized carbons (Fsp3) is 0.250. The molecule has 0 atom stereocenters. The minimum Gasteiger partial charge on any atom is -0.422 e. The summed E-state index contributed by atoms with van der Waals surface area (Å²) in [5.74, 6) is 0.335. The smallest absolute Gasteiger partial charge is 0.380 e. The Morgan fingerprint density at radius 3 is 2.18 bits per heavy atom. The van der Waals surface area contributed by atoms with Crippen LogP contribution in [0.15, 0.2) is 16.6 Å². The van der Waals surface area contributed by atoms with Crippen LogP contribution in [0.2, 0.25) is 10.0 Å². The molecule has 1 aromatic carbocycles. The third-order valence-electron chi connectivity index (χ3n) is 1.63. The summed E-state index contributed by atoms with van der Waals surface area (Å²) in [6.07, 6.45) is 0. The van der Waals surface area contributed by atoms with E-state index in [4.69, 9.17) is 48.6 Å². The summed E-state index contributed by atoms with van der Waals surface area (Å²) in [4.78, 5) is 0. The van der Waals surface area contributed by atoms with E-state index in [1.54, 1.807) is 12.1 Å². The molecule has 1 aromatic rings. The van der Waals surface area contributed by atoms with Gasteiger partial charge in [-0.3, -0.25) is 0 Å². The highest BCUT2D eigenvalue weighted by atomic mass is 79.9. The lowest BCUT2D eigenvalue weighted by Gasteiger charge is -2.19. The molecule has 0 heterocycles. The summed E-state index contributed by atoms with van der Waals surface area (Å²) >= 11 is 20.2. The summed E-state index contributed by atoms with van der Waals surface area (Å²) in [6.45, 7) is -2.79. The summed E-state index contributed by atoms with van der Waals surface area (Å²) in [5.41, 5.74) is 0. The predicted molar refractivity (Wildman–Crippen MR) is 76.7 cm³/mol. The monoisotopic (exact) mass is 382 g/mol. The van der Waals surface area contributed by atoms with Crippen LogP contribution in [0.4, 0.5) is 0 Å². The molecule has 0 aliphatic rings. The number of benzene rings is 1. The normalized spacial score (nSPS) is 10.9. The quantitative estimate of drug-likeness (QED) is 0.585. The minimum atomic E-state index is -2.79. The molecule has 17 heavy (non-hydrogen) atoms. The lowest BCUT2D eigenvalue weighted by Crippen LogP contribution is -1.97. The Morgan fingerprint density at radius 1 is 1.18 bits per heavy atom. The van der Waals surface area contributed by atoms with E-state index in [2.05, 4.69) is 15.9 Å². The van der Waals surface area contributed by atoms with Crippen molar-refractivity contribution in [3.63, 3.8) is 0 Å². The fourth-order valence-corrected chi connectivity index (χ4v) is 2.66. The molecule has 0 saturated heterocycles. The molecule has 98 valence electrons. The van der Waals surface area contributed by atoms with E-state index in [1.165, 1.54) is 14.2 Å². The maximum Gasteiger partial charge on any atom is 0.380 e. The maximum absolute atomic E-state index is 5.97. The summed E-state index contributed by atoms with van der Waals surface area (Å²) in [6, 6.07) is 3.16. The van der Waals surface area contributed by atoms with E-state index in [0.717, 1.165) is 0 Å². The Bertz CT molecular complexity index is 438. The Kier molecular flexibility index (Phi) is 7.52. The number of halogens is 3. The van der Waals surface area contributed by atoms with Crippen LogP contribution in [-0.4, -0.2) is 19.7 Å². The maximum atomic E-state index is 5.97. The highest BCUT2D eigenvalue weighted by Crippen LogP contribution is 2.50. The number of rotatable bonds is 4. The Hall–Kier alpha value is 0.610. The molecule has 2 N–H and O–H groups in total. The molecule has 0 saturated carbocycles. The van der Waals surface area contributed by atoms with Gasteiger partial charge in [-0.2, -0.15) is 0 Å². The molecule has 0 aliphatic carbocycles. The highest BCUT2D eigenvalue weighted by Gasteiger charge is 2.20. The largest absolute Gasteiger partial charge is 0.422 e. The Morgan fingerprint density at radius 2 is 1.71 bits per heavy atom. The van der Waals surface area contributed by atoms with Crippen molar-refractivity contribution in [2.45, 2.75) is 0 Å². The lowest BCUT2D eigenvalue weighted by atomic mass is 10.3. The van der Waals surface area contributed by atoms with Crippen LogP contribution in [0.1, 0.15) is 0 Å². The average Bonchev–Trinajstić information content (AvgIpc) is 2.25. The van der Waals surface area contributed by atoms with Crippen molar-refractivity contribution >= 4 is 57.7 Å². The topological polar surface area (TPSA) is 59.2 Å². The van der Waals surface area contributed by atoms with Crippen molar-refractivity contribution in [3.05, 3.63) is 26.7 Å². The molecule has 0 unspecified atom stereocenters. The van der Waals surface area contributed by atoms with Crippen LogP contribution >= 0.6 is 45.9 Å². The van der Waals surface area contributed by atoms with Crippen molar-refractivity contribution in [3.8, 4) is 5.75 Å². The van der Waals surface area contributed by atoms with Gasteiger partial charge in [-0.25, -0.2) is 0 Å². The van der Waals surface area contributed by atoms with Gasteiger partial charge in [-0.15, -0.1) is 0 Å². The minimum absolute atomic E-state index is 0. The van der Waals surface area contributed by atoms with Crippen LogP contribution < -0.4 is 4.52 Å². The SMILES string of the molecule is COP(=S)(OC)Oc1cc(Cl)c(Br)cc1Cl.O. The first-order chi connectivity index (χ1) is 7.41. The molecule has 0 bridgehead atoms. The molecular formula is C8H10BrCl2O4PS. The van der Waals surface area contributed by atoms with Gasteiger partial charge in [-0.05, 0) is 22.0 Å². The molecule has 9 heteroatoms. The molecule has 1 rings (SSSR count). The molecule has 0 aliphatic heterocycles. The van der Waals surface area contributed by atoms with Crippen LogP contribution in [0.5, 0.6) is 5.75 Å². The van der Waals surface area contributed by atoms with Crippen molar-refractivity contribution in [1.82, 2.24) is 0 Å². The van der Waals surface area contributed by atoms with Crippen molar-refractivity contribution < 1.29 is 19.0 Å². The molecule has 4 nitrogen and oxygen atoms in total. The third kappa shape index (κ3) is 4.65. The molecular weight excluding hydrogens is 374 g/mol. The molecule has 0 spiro atoms. The van der Waals surface area contributed by atoms with E-state index >= 15 is 0 Å². The van der Waals surface area contributed by atoms with Gasteiger partial charge in [-0.1, -0.05) is 23.2 Å². The Labute approximate surface area is 123 Å². The predicted octanol–water partition coefficient (Wildman–Crippen LogP) is 3.83. The van der Waals surface area contributed by atoms with E-state index < -0.39 is 6.72 Å². The molecule has 0 aromatic heterocycles. The van der Waals surface area contributed by atoms with Crippen molar-refractivity contribution in [1.29, 1.82) is 0 Å². The second-order valence-electron chi connectivity index (χ2n) is 2.60. The van der Waals surface area contributed by atoms with Gasteiger partial charge in [0.25, 0.3) is 0 Å². The summed E-state index contributed by atoms with van der Waals surface area (Å²) < 4.78 is 16.1. The fourth-order valence-electron chi connectivity index (χ4n) is 0.844. The summed E-state index contributed by atoms with van der Waals surface area (Å²) in [7, 11) is 2.83. The van der Waals surface area contributed by atoms with E-state index in [1.807, 2.05) is 0 Å². The van der Waals surface area contributed by atoms with E-state index in [9.17, 15) is 0 Å². The van der Waals surface area contributed by atoms with Crippen LogP contribution in [0.25, 0.3) is 0 Å². The first-order valence-corrected chi connectivity index (χ1v) is 8.08. The third-order valence-corrected chi connectivity index (χ3v) is 5.56. The lowest BCUT2D eigenvalue weighted by molar-refractivity contribution is 0.273. The zero-order valence-corrected chi connectivity index (χ0v) is 13.7. The number of hydrogen-bond acceptors (Lipinski definition) is 4. The number of hydrogen-bond donors (Lipinski definition) is 0. The molecule has 0 fully saturated rings.